The Bertz CT molecular complexity index is 828. The van der Waals surface area contributed by atoms with Gasteiger partial charge < -0.3 is 15.4 Å². The van der Waals surface area contributed by atoms with Crippen molar-refractivity contribution in [2.45, 2.75) is 30.7 Å². The van der Waals surface area contributed by atoms with Gasteiger partial charge in [-0.2, -0.15) is 0 Å². The molecule has 4 nitrogen and oxygen atoms in total. The Labute approximate surface area is 169 Å². The topological polar surface area (TPSA) is 50.4 Å². The summed E-state index contributed by atoms with van der Waals surface area (Å²) < 4.78 is 5.69. The van der Waals surface area contributed by atoms with Crippen molar-refractivity contribution < 1.29 is 9.53 Å². The first-order chi connectivity index (χ1) is 13.1. The molecule has 6 heteroatoms. The minimum absolute atomic E-state index is 0.0331. The van der Waals surface area contributed by atoms with Crippen molar-refractivity contribution in [3.63, 3.8) is 0 Å². The lowest BCUT2D eigenvalue weighted by Gasteiger charge is -2.35. The van der Waals surface area contributed by atoms with E-state index < -0.39 is 0 Å². The molecule has 2 aliphatic heterocycles. The Morgan fingerprint density at radius 1 is 1.11 bits per heavy atom. The third-order valence-electron chi connectivity index (χ3n) is 5.45. The fourth-order valence-electron chi connectivity index (χ4n) is 4.02. The minimum Gasteiger partial charge on any atom is -0.493 e. The predicted molar refractivity (Wildman–Crippen MR) is 108 cm³/mol. The molecule has 3 atom stereocenters. The zero-order valence-corrected chi connectivity index (χ0v) is 16.4. The van der Waals surface area contributed by atoms with Crippen LogP contribution in [0.3, 0.4) is 0 Å². The summed E-state index contributed by atoms with van der Waals surface area (Å²) in [7, 11) is 0. The summed E-state index contributed by atoms with van der Waals surface area (Å²) in [6.45, 7) is 2.26. The molecule has 1 saturated heterocycles. The highest BCUT2D eigenvalue weighted by atomic mass is 35.5. The standard InChI is InChI=1S/C21H22Cl2N2O2/c22-17-10-15-14(7-9-27-20(15)11-18(17)23)21(26)25-19-6-8-24-12-16(19)13-4-2-1-3-5-13/h1-5,10-11,14,16,19,24H,6-9,12H2,(H,25,26). The van der Waals surface area contributed by atoms with Crippen LogP contribution in [0.15, 0.2) is 42.5 Å². The first-order valence-corrected chi connectivity index (χ1v) is 10.1. The van der Waals surface area contributed by atoms with Crippen molar-refractivity contribution in [3.8, 4) is 5.75 Å². The number of hydrogen-bond donors (Lipinski definition) is 2. The zero-order valence-electron chi connectivity index (χ0n) is 14.9. The smallest absolute Gasteiger partial charge is 0.228 e. The lowest BCUT2D eigenvalue weighted by atomic mass is 9.85. The van der Waals surface area contributed by atoms with Gasteiger partial charge >= 0.3 is 0 Å². The molecule has 1 amide bonds. The van der Waals surface area contributed by atoms with E-state index in [0.717, 1.165) is 25.1 Å². The van der Waals surface area contributed by atoms with Crippen LogP contribution in [-0.2, 0) is 4.79 Å². The maximum absolute atomic E-state index is 13.1. The molecule has 4 rings (SSSR count). The van der Waals surface area contributed by atoms with Gasteiger partial charge in [0, 0.05) is 30.1 Å². The quantitative estimate of drug-likeness (QED) is 0.808. The summed E-state index contributed by atoms with van der Waals surface area (Å²) in [6.07, 6.45) is 1.54. The van der Waals surface area contributed by atoms with E-state index in [1.807, 2.05) is 18.2 Å². The molecule has 0 radical (unpaired) electrons. The van der Waals surface area contributed by atoms with Gasteiger partial charge in [-0.05, 0) is 31.0 Å². The van der Waals surface area contributed by atoms with Crippen LogP contribution in [0.2, 0.25) is 10.0 Å². The molecule has 2 heterocycles. The van der Waals surface area contributed by atoms with Gasteiger partial charge in [-0.3, -0.25) is 4.79 Å². The second-order valence-electron chi connectivity index (χ2n) is 7.12. The monoisotopic (exact) mass is 404 g/mol. The van der Waals surface area contributed by atoms with E-state index in [4.69, 9.17) is 27.9 Å². The number of carbonyl (C=O) groups excluding carboxylic acids is 1. The molecule has 0 bridgehead atoms. The number of hydrogen-bond acceptors (Lipinski definition) is 3. The van der Waals surface area contributed by atoms with Gasteiger partial charge in [0.15, 0.2) is 0 Å². The van der Waals surface area contributed by atoms with Crippen molar-refractivity contribution in [3.05, 3.63) is 63.6 Å². The molecule has 0 spiro atoms. The molecule has 2 N–H and O–H groups in total. The van der Waals surface area contributed by atoms with Crippen LogP contribution in [-0.4, -0.2) is 31.6 Å². The van der Waals surface area contributed by atoms with Crippen molar-refractivity contribution in [2.24, 2.45) is 0 Å². The molecule has 1 fully saturated rings. The highest BCUT2D eigenvalue weighted by Crippen LogP contribution is 2.39. The fourth-order valence-corrected chi connectivity index (χ4v) is 4.35. The van der Waals surface area contributed by atoms with Crippen LogP contribution >= 0.6 is 23.2 Å². The van der Waals surface area contributed by atoms with E-state index in [-0.39, 0.29) is 23.8 Å². The first-order valence-electron chi connectivity index (χ1n) is 9.31. The molecule has 2 aromatic rings. The molecular weight excluding hydrogens is 383 g/mol. The molecule has 142 valence electrons. The third kappa shape index (κ3) is 3.93. The number of benzene rings is 2. The molecule has 2 aromatic carbocycles. The van der Waals surface area contributed by atoms with Gasteiger partial charge in [0.05, 0.1) is 22.6 Å². The lowest BCUT2D eigenvalue weighted by Crippen LogP contribution is -2.49. The van der Waals surface area contributed by atoms with Gasteiger partial charge in [0.25, 0.3) is 0 Å². The molecule has 0 aliphatic carbocycles. The zero-order chi connectivity index (χ0) is 18.8. The summed E-state index contributed by atoms with van der Waals surface area (Å²) in [6, 6.07) is 13.9. The van der Waals surface area contributed by atoms with Crippen LogP contribution in [0.1, 0.15) is 35.8 Å². The van der Waals surface area contributed by atoms with Crippen molar-refractivity contribution >= 4 is 29.1 Å². The SMILES string of the molecule is O=C(NC1CCNCC1c1ccccc1)C1CCOc2cc(Cl)c(Cl)cc21. The van der Waals surface area contributed by atoms with E-state index in [0.29, 0.717) is 28.8 Å². The van der Waals surface area contributed by atoms with Crippen molar-refractivity contribution in [1.29, 1.82) is 0 Å². The number of fused-ring (bicyclic) bond motifs is 1. The molecule has 27 heavy (non-hydrogen) atoms. The molecule has 0 aromatic heterocycles. The molecular formula is C21H22Cl2N2O2. The van der Waals surface area contributed by atoms with E-state index in [9.17, 15) is 4.79 Å². The Balaban J connectivity index is 1.55. The molecule has 0 saturated carbocycles. The highest BCUT2D eigenvalue weighted by molar-refractivity contribution is 6.42. The van der Waals surface area contributed by atoms with E-state index >= 15 is 0 Å². The maximum atomic E-state index is 13.1. The van der Waals surface area contributed by atoms with E-state index in [2.05, 4.69) is 22.8 Å². The van der Waals surface area contributed by atoms with Gasteiger partial charge in [0.1, 0.15) is 5.75 Å². The third-order valence-corrected chi connectivity index (χ3v) is 6.17. The maximum Gasteiger partial charge on any atom is 0.228 e. The average molecular weight is 405 g/mol. The second-order valence-corrected chi connectivity index (χ2v) is 7.93. The normalized spacial score (nSPS) is 24.6. The van der Waals surface area contributed by atoms with Gasteiger partial charge in [-0.25, -0.2) is 0 Å². The fraction of sp³-hybridized carbons (Fsp3) is 0.381. The van der Waals surface area contributed by atoms with Gasteiger partial charge in [-0.15, -0.1) is 0 Å². The average Bonchev–Trinajstić information content (AvgIpc) is 2.69. The van der Waals surface area contributed by atoms with E-state index in [1.165, 1.54) is 5.56 Å². The number of carbonyl (C=O) groups is 1. The number of ether oxygens (including phenoxy) is 1. The summed E-state index contributed by atoms with van der Waals surface area (Å²) in [4.78, 5) is 13.1. The van der Waals surface area contributed by atoms with Crippen LogP contribution in [0, 0.1) is 0 Å². The molecule has 2 aliphatic rings. The number of piperidine rings is 1. The predicted octanol–water partition coefficient (Wildman–Crippen LogP) is 4.12. The van der Waals surface area contributed by atoms with Crippen LogP contribution in [0.5, 0.6) is 5.75 Å². The van der Waals surface area contributed by atoms with Gasteiger partial charge in [0.2, 0.25) is 5.91 Å². The number of nitrogens with one attached hydrogen (secondary N) is 2. The van der Waals surface area contributed by atoms with Crippen molar-refractivity contribution in [2.75, 3.05) is 19.7 Å². The number of amides is 1. The second kappa shape index (κ2) is 8.09. The van der Waals surface area contributed by atoms with Crippen LogP contribution < -0.4 is 15.4 Å². The summed E-state index contributed by atoms with van der Waals surface area (Å²) in [5.74, 6) is 0.679. The van der Waals surface area contributed by atoms with Crippen LogP contribution in [0.4, 0.5) is 0 Å². The molecule has 3 unspecified atom stereocenters. The Morgan fingerprint density at radius 3 is 2.70 bits per heavy atom. The Hall–Kier alpha value is -1.75. The first kappa shape index (κ1) is 18.6. The number of halogens is 2. The lowest BCUT2D eigenvalue weighted by molar-refractivity contribution is -0.124. The van der Waals surface area contributed by atoms with Gasteiger partial charge in [-0.1, -0.05) is 53.5 Å². The summed E-state index contributed by atoms with van der Waals surface area (Å²) >= 11 is 12.3. The Morgan fingerprint density at radius 2 is 1.89 bits per heavy atom. The summed E-state index contributed by atoms with van der Waals surface area (Å²) in [5, 5.41) is 7.63. The highest BCUT2D eigenvalue weighted by Gasteiger charge is 2.33. The van der Waals surface area contributed by atoms with E-state index in [1.54, 1.807) is 12.1 Å². The largest absolute Gasteiger partial charge is 0.493 e. The number of rotatable bonds is 3. The van der Waals surface area contributed by atoms with Crippen molar-refractivity contribution in [1.82, 2.24) is 10.6 Å². The minimum atomic E-state index is -0.269. The Kier molecular flexibility index (Phi) is 5.58. The van der Waals surface area contributed by atoms with Crippen LogP contribution in [0.25, 0.3) is 0 Å². The summed E-state index contributed by atoms with van der Waals surface area (Å²) in [5.41, 5.74) is 2.07.